The van der Waals surface area contributed by atoms with Crippen LogP contribution in [0.2, 0.25) is 0 Å². The van der Waals surface area contributed by atoms with Crippen molar-refractivity contribution in [3.8, 4) is 0 Å². The van der Waals surface area contributed by atoms with Gasteiger partial charge in [-0.2, -0.15) is 0 Å². The number of hydrogen-bond acceptors (Lipinski definition) is 4. The molecule has 0 aliphatic carbocycles. The number of nitrogens with two attached hydrogens (primary N) is 1. The van der Waals surface area contributed by atoms with Crippen LogP contribution in [0.4, 0.5) is 0 Å². The summed E-state index contributed by atoms with van der Waals surface area (Å²) in [6.07, 6.45) is 0.440. The first kappa shape index (κ1) is 20.6. The van der Waals surface area contributed by atoms with E-state index in [4.69, 9.17) is 5.14 Å². The van der Waals surface area contributed by atoms with Gasteiger partial charge in [0.15, 0.2) is 0 Å². The van der Waals surface area contributed by atoms with E-state index in [0.717, 1.165) is 0 Å². The Morgan fingerprint density at radius 1 is 1.15 bits per heavy atom. The summed E-state index contributed by atoms with van der Waals surface area (Å²) in [5, 5.41) is 14.4. The number of carboxylic acids is 1. The van der Waals surface area contributed by atoms with Gasteiger partial charge in [0.2, 0.25) is 15.9 Å². The summed E-state index contributed by atoms with van der Waals surface area (Å²) in [6, 6.07) is 12.4. The summed E-state index contributed by atoms with van der Waals surface area (Å²) in [7, 11) is -2.20. The van der Waals surface area contributed by atoms with Crippen LogP contribution in [0, 0.1) is 0 Å². The third-order valence-electron chi connectivity index (χ3n) is 4.50. The average Bonchev–Trinajstić information content (AvgIpc) is 2.64. The van der Waals surface area contributed by atoms with Gasteiger partial charge in [-0.05, 0) is 42.7 Å². The molecule has 0 bridgehead atoms. The van der Waals surface area contributed by atoms with Crippen molar-refractivity contribution in [2.75, 3.05) is 7.05 Å². The van der Waals surface area contributed by atoms with Crippen molar-refractivity contribution < 1.29 is 23.1 Å². The van der Waals surface area contributed by atoms with E-state index in [1.807, 2.05) is 0 Å². The second-order valence-electron chi connectivity index (χ2n) is 6.26. The monoisotopic (exact) mass is 390 g/mol. The minimum Gasteiger partial charge on any atom is -0.478 e. The van der Waals surface area contributed by atoms with Gasteiger partial charge in [0.05, 0.1) is 16.5 Å². The van der Waals surface area contributed by atoms with Crippen LogP contribution in [-0.2, 0) is 21.2 Å². The van der Waals surface area contributed by atoms with E-state index < -0.39 is 16.0 Å². The normalized spacial score (nSPS) is 12.4. The number of carboxylic acid groups (broad SMARTS) is 1. The molecule has 0 aromatic heterocycles. The van der Waals surface area contributed by atoms with Crippen LogP contribution in [0.1, 0.15) is 40.9 Å². The maximum Gasteiger partial charge on any atom is 0.335 e. The lowest BCUT2D eigenvalue weighted by Gasteiger charge is -2.26. The molecule has 8 heteroatoms. The lowest BCUT2D eigenvalue weighted by Crippen LogP contribution is -2.30. The van der Waals surface area contributed by atoms with Gasteiger partial charge in [-0.3, -0.25) is 4.79 Å². The zero-order valence-electron chi connectivity index (χ0n) is 15.1. The van der Waals surface area contributed by atoms with E-state index in [1.54, 1.807) is 44.3 Å². The van der Waals surface area contributed by atoms with Crippen LogP contribution in [0.5, 0.6) is 0 Å². The van der Waals surface area contributed by atoms with Gasteiger partial charge in [0.1, 0.15) is 0 Å². The first-order valence-corrected chi connectivity index (χ1v) is 9.85. The summed E-state index contributed by atoms with van der Waals surface area (Å²) in [6.45, 7) is 1.78. The summed E-state index contributed by atoms with van der Waals surface area (Å²) in [4.78, 5) is 25.3. The Bertz CT molecular complexity index is 956. The number of amides is 1. The van der Waals surface area contributed by atoms with Gasteiger partial charge < -0.3 is 10.0 Å². The van der Waals surface area contributed by atoms with Crippen LogP contribution in [0.25, 0.3) is 0 Å². The van der Waals surface area contributed by atoms with E-state index in [1.165, 1.54) is 23.1 Å². The molecule has 0 heterocycles. The number of aryl methyl sites for hydroxylation is 1. The van der Waals surface area contributed by atoms with E-state index >= 15 is 0 Å². The maximum atomic E-state index is 12.5. The zero-order valence-corrected chi connectivity index (χ0v) is 15.9. The first-order chi connectivity index (χ1) is 12.6. The predicted octanol–water partition coefficient (Wildman–Crippen LogP) is 2.18. The molecule has 0 saturated carbocycles. The number of nitrogens with zero attached hydrogens (tertiary/aromatic N) is 1. The lowest BCUT2D eigenvalue weighted by atomic mass is 10.0. The quantitative estimate of drug-likeness (QED) is 0.751. The van der Waals surface area contributed by atoms with Crippen LogP contribution < -0.4 is 5.14 Å². The predicted molar refractivity (Wildman–Crippen MR) is 101 cm³/mol. The number of carbonyl (C=O) groups excluding carboxylic acids is 1. The number of aromatic carboxylic acids is 1. The summed E-state index contributed by atoms with van der Waals surface area (Å²) < 4.78 is 23.0. The van der Waals surface area contributed by atoms with Crippen molar-refractivity contribution >= 4 is 21.9 Å². The molecule has 0 saturated heterocycles. The van der Waals surface area contributed by atoms with E-state index in [2.05, 4.69) is 0 Å². The number of benzene rings is 2. The second-order valence-corrected chi connectivity index (χ2v) is 7.82. The summed E-state index contributed by atoms with van der Waals surface area (Å²) in [5.41, 5.74) is 1.42. The fraction of sp³-hybridized carbons (Fsp3) is 0.263. The van der Waals surface area contributed by atoms with E-state index in [9.17, 15) is 23.1 Å². The molecular formula is C19H22N2O5S. The minimum absolute atomic E-state index is 0.0110. The van der Waals surface area contributed by atoms with Gasteiger partial charge in [-0.15, -0.1) is 0 Å². The van der Waals surface area contributed by atoms with Crippen molar-refractivity contribution in [1.82, 2.24) is 4.90 Å². The molecule has 144 valence electrons. The van der Waals surface area contributed by atoms with E-state index in [0.29, 0.717) is 17.5 Å². The van der Waals surface area contributed by atoms with Crippen molar-refractivity contribution in [3.63, 3.8) is 0 Å². The Labute approximate surface area is 158 Å². The van der Waals surface area contributed by atoms with E-state index in [-0.39, 0.29) is 28.8 Å². The minimum atomic E-state index is -3.82. The molecule has 0 fully saturated rings. The summed E-state index contributed by atoms with van der Waals surface area (Å²) >= 11 is 0. The number of hydrogen-bond donors (Lipinski definition) is 2. The van der Waals surface area contributed by atoms with Gasteiger partial charge in [-0.25, -0.2) is 18.4 Å². The number of primary sulfonamides is 1. The summed E-state index contributed by atoms with van der Waals surface area (Å²) in [5.74, 6) is -1.21. The molecule has 3 N–H and O–H groups in total. The Hall–Kier alpha value is -2.71. The topological polar surface area (TPSA) is 118 Å². The standard InChI is InChI=1S/C19H22N2O5S/c1-13(15-7-5-8-16(12-15)27(20,25)26)21(2)18(22)11-10-14-6-3-4-9-17(14)19(23)24/h3-9,12-13H,10-11H2,1-2H3,(H,23,24)(H2,20,25,26). The molecule has 1 atom stereocenters. The van der Waals surface area contributed by atoms with Crippen LogP contribution in [0.15, 0.2) is 53.4 Å². The molecule has 1 amide bonds. The number of rotatable bonds is 7. The zero-order chi connectivity index (χ0) is 20.2. The molecule has 0 radical (unpaired) electrons. The van der Waals surface area contributed by atoms with Crippen molar-refractivity contribution in [1.29, 1.82) is 0 Å². The Kier molecular flexibility index (Phi) is 6.35. The van der Waals surface area contributed by atoms with Gasteiger partial charge in [0.25, 0.3) is 0 Å². The molecule has 27 heavy (non-hydrogen) atoms. The van der Waals surface area contributed by atoms with Gasteiger partial charge in [-0.1, -0.05) is 30.3 Å². The van der Waals surface area contributed by atoms with Crippen LogP contribution in [0.3, 0.4) is 0 Å². The highest BCUT2D eigenvalue weighted by atomic mass is 32.2. The number of sulfonamides is 1. The SMILES string of the molecule is CC(c1cccc(S(N)(=O)=O)c1)N(C)C(=O)CCc1ccccc1C(=O)O. The third kappa shape index (κ3) is 5.15. The first-order valence-electron chi connectivity index (χ1n) is 8.31. The molecule has 0 aliphatic heterocycles. The molecule has 2 aromatic rings. The van der Waals surface area contributed by atoms with Crippen molar-refractivity contribution in [2.45, 2.75) is 30.7 Å². The highest BCUT2D eigenvalue weighted by Crippen LogP contribution is 2.22. The molecule has 0 spiro atoms. The average molecular weight is 390 g/mol. The third-order valence-corrected chi connectivity index (χ3v) is 5.41. The largest absolute Gasteiger partial charge is 0.478 e. The van der Waals surface area contributed by atoms with Crippen molar-refractivity contribution in [3.05, 3.63) is 65.2 Å². The van der Waals surface area contributed by atoms with Crippen LogP contribution in [-0.4, -0.2) is 37.3 Å². The lowest BCUT2D eigenvalue weighted by molar-refractivity contribution is -0.131. The molecule has 2 aromatic carbocycles. The van der Waals surface area contributed by atoms with Gasteiger partial charge in [0, 0.05) is 13.5 Å². The fourth-order valence-electron chi connectivity index (χ4n) is 2.76. The Balaban J connectivity index is 2.10. The second kappa shape index (κ2) is 8.32. The molecule has 7 nitrogen and oxygen atoms in total. The Morgan fingerprint density at radius 2 is 1.81 bits per heavy atom. The fourth-order valence-corrected chi connectivity index (χ4v) is 3.32. The Morgan fingerprint density at radius 3 is 2.44 bits per heavy atom. The number of carbonyl (C=O) groups is 2. The van der Waals surface area contributed by atoms with Crippen LogP contribution >= 0.6 is 0 Å². The van der Waals surface area contributed by atoms with Gasteiger partial charge >= 0.3 is 5.97 Å². The molecule has 1 unspecified atom stereocenters. The highest BCUT2D eigenvalue weighted by molar-refractivity contribution is 7.89. The smallest absolute Gasteiger partial charge is 0.335 e. The maximum absolute atomic E-state index is 12.5. The highest BCUT2D eigenvalue weighted by Gasteiger charge is 2.20. The van der Waals surface area contributed by atoms with Crippen molar-refractivity contribution in [2.24, 2.45) is 5.14 Å². The molecule has 2 rings (SSSR count). The molecule has 0 aliphatic rings. The molecular weight excluding hydrogens is 368 g/mol.